The maximum absolute atomic E-state index is 12.9. The fourth-order valence-electron chi connectivity index (χ4n) is 6.74. The average molecular weight is 712 g/mol. The van der Waals surface area contributed by atoms with Crippen molar-refractivity contribution < 1.29 is 33.3 Å². The van der Waals surface area contributed by atoms with Crippen molar-refractivity contribution in [1.29, 1.82) is 0 Å². The number of carbonyl (C=O) groups is 2. The molecular weight excluding hydrogens is 630 g/mol. The second-order valence-electron chi connectivity index (χ2n) is 14.9. The molecule has 0 amide bonds. The molecule has 1 rings (SSSR count). The molecule has 0 spiro atoms. The van der Waals surface area contributed by atoms with E-state index in [0.29, 0.717) is 32.3 Å². The summed E-state index contributed by atoms with van der Waals surface area (Å²) in [6.07, 6.45) is 29.5. The van der Waals surface area contributed by atoms with Gasteiger partial charge in [-0.2, -0.15) is 0 Å². The van der Waals surface area contributed by atoms with Crippen LogP contribution in [0.1, 0.15) is 194 Å². The van der Waals surface area contributed by atoms with E-state index in [9.17, 15) is 9.59 Å². The van der Waals surface area contributed by atoms with Crippen LogP contribution in [0.25, 0.3) is 0 Å². The van der Waals surface area contributed by atoms with Crippen molar-refractivity contribution in [2.24, 2.45) is 5.92 Å². The monoisotopic (exact) mass is 712 g/mol. The summed E-state index contributed by atoms with van der Waals surface area (Å²) < 4.78 is 28.9. The first-order valence-corrected chi connectivity index (χ1v) is 21.4. The third kappa shape index (κ3) is 28.2. The summed E-state index contributed by atoms with van der Waals surface area (Å²) in [5.74, 6) is -0.289. The molecule has 1 heterocycles. The zero-order valence-electron chi connectivity index (χ0n) is 33.4. The van der Waals surface area contributed by atoms with Gasteiger partial charge in [0, 0.05) is 31.6 Å². The largest absolute Gasteiger partial charge is 0.508 e. The van der Waals surface area contributed by atoms with Gasteiger partial charge in [0.05, 0.1) is 19.6 Å². The number of nitrogens with zero attached hydrogens (tertiary/aromatic N) is 1. The van der Waals surface area contributed by atoms with Crippen LogP contribution < -0.4 is 0 Å². The van der Waals surface area contributed by atoms with E-state index in [2.05, 4.69) is 32.7 Å². The number of hydrogen-bond acceptors (Lipinski definition) is 8. The minimum Gasteiger partial charge on any atom is -0.465 e. The van der Waals surface area contributed by atoms with Crippen molar-refractivity contribution in [3.63, 3.8) is 0 Å². The fraction of sp³-hybridized carbons (Fsp3) is 0.952. The van der Waals surface area contributed by atoms with E-state index in [-0.39, 0.29) is 37.8 Å². The van der Waals surface area contributed by atoms with Crippen LogP contribution >= 0.6 is 0 Å². The zero-order valence-corrected chi connectivity index (χ0v) is 33.4. The minimum atomic E-state index is -0.623. The molecule has 50 heavy (non-hydrogen) atoms. The molecule has 0 aliphatic carbocycles. The number of esters is 1. The van der Waals surface area contributed by atoms with E-state index in [1.807, 2.05) is 0 Å². The predicted octanol–water partition coefficient (Wildman–Crippen LogP) is 11.6. The van der Waals surface area contributed by atoms with Gasteiger partial charge < -0.3 is 28.6 Å². The highest BCUT2D eigenvalue weighted by atomic mass is 16.7. The van der Waals surface area contributed by atoms with Gasteiger partial charge in [-0.05, 0) is 52.1 Å². The SMILES string of the molecule is CCCCCCCCCCCC(COC(=O)CCC(OCCCCCCCC)OCCCCCCCC)COC(=O)OCCC1CCCN1C. The number of likely N-dealkylation sites (tertiary alicyclic amines) is 1. The number of rotatable bonds is 36. The second-order valence-corrected chi connectivity index (χ2v) is 14.9. The van der Waals surface area contributed by atoms with E-state index >= 15 is 0 Å². The van der Waals surface area contributed by atoms with Crippen molar-refractivity contribution in [3.05, 3.63) is 0 Å². The van der Waals surface area contributed by atoms with Crippen LogP contribution in [0.2, 0.25) is 0 Å². The van der Waals surface area contributed by atoms with Crippen LogP contribution in [0.5, 0.6) is 0 Å². The van der Waals surface area contributed by atoms with Gasteiger partial charge in [-0.25, -0.2) is 4.79 Å². The molecule has 1 aliphatic heterocycles. The maximum Gasteiger partial charge on any atom is 0.508 e. The summed E-state index contributed by atoms with van der Waals surface area (Å²) in [6, 6.07) is 0.475. The molecule has 0 saturated carbocycles. The van der Waals surface area contributed by atoms with Crippen LogP contribution in [0.4, 0.5) is 4.79 Å². The summed E-state index contributed by atoms with van der Waals surface area (Å²) in [7, 11) is 2.13. The van der Waals surface area contributed by atoms with Gasteiger partial charge in [0.15, 0.2) is 6.29 Å². The lowest BCUT2D eigenvalue weighted by molar-refractivity contribution is -0.160. The summed E-state index contributed by atoms with van der Waals surface area (Å²) in [4.78, 5) is 27.6. The molecule has 8 heteroatoms. The van der Waals surface area contributed by atoms with E-state index in [1.54, 1.807) is 0 Å². The van der Waals surface area contributed by atoms with Gasteiger partial charge in [-0.15, -0.1) is 0 Å². The standard InChI is InChI=1S/C42H81NO7/c1-5-8-11-14-17-18-19-20-23-27-38(37-50-42(45)48-35-31-39-28-26-32-43(39)4)36-49-40(44)29-30-41(46-33-24-21-15-12-9-6-2)47-34-25-22-16-13-10-7-3/h38-39,41H,5-37H2,1-4H3. The summed E-state index contributed by atoms with van der Waals surface area (Å²) in [5.41, 5.74) is 0. The smallest absolute Gasteiger partial charge is 0.465 e. The van der Waals surface area contributed by atoms with Gasteiger partial charge in [-0.3, -0.25) is 4.79 Å². The van der Waals surface area contributed by atoms with E-state index < -0.39 is 6.16 Å². The highest BCUT2D eigenvalue weighted by Crippen LogP contribution is 2.19. The third-order valence-electron chi connectivity index (χ3n) is 10.2. The Hall–Kier alpha value is -1.38. The molecule has 1 fully saturated rings. The van der Waals surface area contributed by atoms with E-state index in [1.165, 1.54) is 116 Å². The lowest BCUT2D eigenvalue weighted by Crippen LogP contribution is -2.27. The van der Waals surface area contributed by atoms with E-state index in [0.717, 1.165) is 51.5 Å². The number of carbonyl (C=O) groups excluding carboxylic acids is 2. The molecule has 0 radical (unpaired) electrons. The summed E-state index contributed by atoms with van der Waals surface area (Å²) in [5, 5.41) is 0. The minimum absolute atomic E-state index is 0.0410. The van der Waals surface area contributed by atoms with Crippen molar-refractivity contribution in [1.82, 2.24) is 4.90 Å². The van der Waals surface area contributed by atoms with Crippen LogP contribution in [-0.4, -0.2) is 76.0 Å². The van der Waals surface area contributed by atoms with Crippen molar-refractivity contribution in [2.75, 3.05) is 46.6 Å². The molecular formula is C42H81NO7. The number of hydrogen-bond donors (Lipinski definition) is 0. The first-order chi connectivity index (χ1) is 24.5. The Kier molecular flexibility index (Phi) is 32.4. The van der Waals surface area contributed by atoms with Crippen LogP contribution in [0.3, 0.4) is 0 Å². The Labute approximate surface area is 308 Å². The Morgan fingerprint density at radius 3 is 1.62 bits per heavy atom. The summed E-state index contributed by atoms with van der Waals surface area (Å²) >= 11 is 0. The van der Waals surface area contributed by atoms with Crippen LogP contribution in [0.15, 0.2) is 0 Å². The van der Waals surface area contributed by atoms with Gasteiger partial charge >= 0.3 is 12.1 Å². The molecule has 0 aromatic heterocycles. The third-order valence-corrected chi connectivity index (χ3v) is 10.2. The molecule has 1 saturated heterocycles. The first-order valence-electron chi connectivity index (χ1n) is 21.4. The fourth-order valence-corrected chi connectivity index (χ4v) is 6.74. The van der Waals surface area contributed by atoms with Gasteiger partial charge in [-0.1, -0.05) is 143 Å². The normalized spacial score (nSPS) is 15.5. The Morgan fingerprint density at radius 1 is 0.600 bits per heavy atom. The first kappa shape index (κ1) is 46.6. The van der Waals surface area contributed by atoms with Crippen LogP contribution in [0, 0.1) is 5.92 Å². The van der Waals surface area contributed by atoms with Gasteiger partial charge in [0.1, 0.15) is 6.61 Å². The zero-order chi connectivity index (χ0) is 36.3. The van der Waals surface area contributed by atoms with Gasteiger partial charge in [0.2, 0.25) is 0 Å². The number of ether oxygens (including phenoxy) is 5. The second kappa shape index (κ2) is 34.7. The molecule has 0 bridgehead atoms. The molecule has 0 N–H and O–H groups in total. The lowest BCUT2D eigenvalue weighted by Gasteiger charge is -2.20. The Bertz CT molecular complexity index is 748. The molecule has 1 aliphatic rings. The highest BCUT2D eigenvalue weighted by molar-refractivity contribution is 5.69. The molecule has 0 aromatic rings. The van der Waals surface area contributed by atoms with Crippen molar-refractivity contribution >= 4 is 12.1 Å². The predicted molar refractivity (Wildman–Crippen MR) is 206 cm³/mol. The van der Waals surface area contributed by atoms with Crippen LogP contribution in [-0.2, 0) is 28.5 Å². The number of unbranched alkanes of at least 4 members (excludes halogenated alkanes) is 18. The molecule has 2 atom stereocenters. The van der Waals surface area contributed by atoms with Gasteiger partial charge in [0.25, 0.3) is 0 Å². The lowest BCUT2D eigenvalue weighted by atomic mass is 10.0. The molecule has 296 valence electrons. The van der Waals surface area contributed by atoms with Crippen molar-refractivity contribution in [2.45, 2.75) is 206 Å². The Balaban J connectivity index is 2.49. The molecule has 0 aromatic carbocycles. The summed E-state index contributed by atoms with van der Waals surface area (Å²) in [6.45, 7) is 9.97. The quantitative estimate of drug-likeness (QED) is 0.0361. The topological polar surface area (TPSA) is 83.5 Å². The van der Waals surface area contributed by atoms with Crippen molar-refractivity contribution in [3.8, 4) is 0 Å². The van der Waals surface area contributed by atoms with E-state index in [4.69, 9.17) is 23.7 Å². The average Bonchev–Trinajstić information content (AvgIpc) is 3.53. The molecule has 8 nitrogen and oxygen atoms in total. The molecule has 2 unspecified atom stereocenters. The maximum atomic E-state index is 12.9. The highest BCUT2D eigenvalue weighted by Gasteiger charge is 2.22. The Morgan fingerprint density at radius 2 is 1.10 bits per heavy atom.